The zero-order valence-corrected chi connectivity index (χ0v) is 9.81. The average molecular weight is 258 g/mol. The van der Waals surface area contributed by atoms with E-state index in [2.05, 4.69) is 5.32 Å². The Bertz CT molecular complexity index is 418. The van der Waals surface area contributed by atoms with E-state index in [4.69, 9.17) is 16.7 Å². The summed E-state index contributed by atoms with van der Waals surface area (Å²) in [5, 5.41) is 21.4. The van der Waals surface area contributed by atoms with E-state index >= 15 is 0 Å². The third-order valence-electron chi connectivity index (χ3n) is 2.15. The van der Waals surface area contributed by atoms with E-state index in [0.717, 1.165) is 0 Å². The number of aliphatic carboxylic acids is 1. The highest BCUT2D eigenvalue weighted by Gasteiger charge is 2.28. The van der Waals surface area contributed by atoms with Crippen molar-refractivity contribution in [3.05, 3.63) is 34.9 Å². The highest BCUT2D eigenvalue weighted by Crippen LogP contribution is 2.19. The van der Waals surface area contributed by atoms with Crippen LogP contribution in [0.5, 0.6) is 0 Å². The second-order valence-electron chi connectivity index (χ2n) is 3.51. The molecule has 0 aliphatic carbocycles. The van der Waals surface area contributed by atoms with Crippen molar-refractivity contribution in [3.8, 4) is 0 Å². The number of amides is 1. The van der Waals surface area contributed by atoms with Crippen LogP contribution < -0.4 is 5.32 Å². The second kappa shape index (κ2) is 5.65. The van der Waals surface area contributed by atoms with Crippen LogP contribution in [0.2, 0.25) is 5.02 Å². The highest BCUT2D eigenvalue weighted by atomic mass is 35.5. The lowest BCUT2D eigenvalue weighted by molar-refractivity contribution is -0.145. The van der Waals surface area contributed by atoms with Crippen LogP contribution in [0.25, 0.3) is 0 Å². The van der Waals surface area contributed by atoms with E-state index in [1.165, 1.54) is 31.2 Å². The van der Waals surface area contributed by atoms with Crippen LogP contribution in [0.4, 0.5) is 0 Å². The first kappa shape index (κ1) is 13.5. The summed E-state index contributed by atoms with van der Waals surface area (Å²) in [6, 6.07) is 4.70. The van der Waals surface area contributed by atoms with E-state index in [0.29, 0.717) is 10.6 Å². The van der Waals surface area contributed by atoms with Gasteiger partial charge in [-0.05, 0) is 17.7 Å². The Morgan fingerprint density at radius 3 is 2.24 bits per heavy atom. The molecule has 0 aliphatic rings. The fraction of sp³-hybridized carbons (Fsp3) is 0.273. The summed E-state index contributed by atoms with van der Waals surface area (Å²) in [6.45, 7) is 1.19. The van der Waals surface area contributed by atoms with Gasteiger partial charge < -0.3 is 15.5 Å². The molecule has 1 rings (SSSR count). The monoisotopic (exact) mass is 257 g/mol. The Balaban J connectivity index is 2.91. The predicted molar refractivity (Wildman–Crippen MR) is 61.7 cm³/mol. The third-order valence-corrected chi connectivity index (χ3v) is 2.40. The summed E-state index contributed by atoms with van der Waals surface area (Å²) in [6.07, 6.45) is -1.33. The minimum atomic E-state index is -1.38. The number of carboxylic acid groups (broad SMARTS) is 1. The smallest absolute Gasteiger partial charge is 0.329 e. The Labute approximate surface area is 103 Å². The summed E-state index contributed by atoms with van der Waals surface area (Å²) in [5.74, 6) is -1.83. The largest absolute Gasteiger partial charge is 0.480 e. The van der Waals surface area contributed by atoms with Crippen LogP contribution in [-0.2, 0) is 9.59 Å². The van der Waals surface area contributed by atoms with Gasteiger partial charge in [-0.2, -0.15) is 0 Å². The molecule has 6 heteroatoms. The maximum atomic E-state index is 10.9. The molecule has 0 aliphatic heterocycles. The second-order valence-corrected chi connectivity index (χ2v) is 3.95. The van der Waals surface area contributed by atoms with Crippen LogP contribution >= 0.6 is 11.6 Å². The summed E-state index contributed by atoms with van der Waals surface area (Å²) in [5.41, 5.74) is 0.371. The molecule has 1 aromatic carbocycles. The van der Waals surface area contributed by atoms with Crippen molar-refractivity contribution in [2.75, 3.05) is 0 Å². The average Bonchev–Trinajstić information content (AvgIpc) is 2.25. The van der Waals surface area contributed by atoms with Gasteiger partial charge in [0.15, 0.2) is 6.04 Å². The van der Waals surface area contributed by atoms with Crippen LogP contribution in [0, 0.1) is 0 Å². The summed E-state index contributed by atoms with van der Waals surface area (Å²) >= 11 is 5.68. The van der Waals surface area contributed by atoms with Gasteiger partial charge in [0.1, 0.15) is 6.10 Å². The fourth-order valence-corrected chi connectivity index (χ4v) is 1.47. The summed E-state index contributed by atoms with van der Waals surface area (Å²) in [4.78, 5) is 21.8. The Kier molecular flexibility index (Phi) is 4.48. The van der Waals surface area contributed by atoms with Gasteiger partial charge in [0, 0.05) is 11.9 Å². The van der Waals surface area contributed by atoms with E-state index in [1.807, 2.05) is 0 Å². The number of rotatable bonds is 4. The quantitative estimate of drug-likeness (QED) is 0.750. The maximum Gasteiger partial charge on any atom is 0.329 e. The number of hydrogen-bond acceptors (Lipinski definition) is 3. The van der Waals surface area contributed by atoms with Crippen LogP contribution in [0.15, 0.2) is 24.3 Å². The number of aliphatic hydroxyl groups excluding tert-OH is 1. The van der Waals surface area contributed by atoms with Gasteiger partial charge in [-0.1, -0.05) is 23.7 Å². The molecule has 17 heavy (non-hydrogen) atoms. The van der Waals surface area contributed by atoms with Gasteiger partial charge >= 0.3 is 5.97 Å². The number of carbonyl (C=O) groups excluding carboxylic acids is 1. The molecule has 0 saturated heterocycles. The van der Waals surface area contributed by atoms with Gasteiger partial charge in [-0.25, -0.2) is 4.79 Å². The van der Waals surface area contributed by atoms with Crippen molar-refractivity contribution in [1.82, 2.24) is 5.32 Å². The standard InChI is InChI=1S/C11H12ClNO4/c1-6(14)13-9(11(16)17)10(15)7-2-4-8(12)5-3-7/h2-5,9-10,15H,1H3,(H,13,14)(H,16,17)/t9-,10?/m0/s1. The number of aliphatic hydroxyl groups is 1. The van der Waals surface area contributed by atoms with Gasteiger partial charge in [0.05, 0.1) is 0 Å². The number of halogens is 1. The lowest BCUT2D eigenvalue weighted by Gasteiger charge is -2.20. The zero-order chi connectivity index (χ0) is 13.0. The topological polar surface area (TPSA) is 86.6 Å². The molecule has 0 fully saturated rings. The van der Waals surface area contributed by atoms with Crippen molar-refractivity contribution >= 4 is 23.5 Å². The first-order chi connectivity index (χ1) is 7.91. The van der Waals surface area contributed by atoms with Crippen molar-refractivity contribution in [2.45, 2.75) is 19.1 Å². The van der Waals surface area contributed by atoms with Crippen LogP contribution in [-0.4, -0.2) is 28.1 Å². The number of nitrogens with one attached hydrogen (secondary N) is 1. The molecular weight excluding hydrogens is 246 g/mol. The van der Waals surface area contributed by atoms with E-state index in [1.54, 1.807) is 0 Å². The predicted octanol–water partition coefficient (Wildman–Crippen LogP) is 0.963. The minimum absolute atomic E-state index is 0.371. The van der Waals surface area contributed by atoms with Gasteiger partial charge in [-0.15, -0.1) is 0 Å². The zero-order valence-electron chi connectivity index (χ0n) is 9.05. The molecular formula is C11H12ClNO4. The molecule has 92 valence electrons. The molecule has 5 nitrogen and oxygen atoms in total. The van der Waals surface area contributed by atoms with Crippen molar-refractivity contribution in [2.24, 2.45) is 0 Å². The highest BCUT2D eigenvalue weighted by molar-refractivity contribution is 6.30. The Hall–Kier alpha value is -1.59. The van der Waals surface area contributed by atoms with Gasteiger partial charge in [0.25, 0.3) is 0 Å². The van der Waals surface area contributed by atoms with Gasteiger partial charge in [-0.3, -0.25) is 4.79 Å². The molecule has 1 amide bonds. The molecule has 0 heterocycles. The molecule has 1 unspecified atom stereocenters. The van der Waals surface area contributed by atoms with Crippen molar-refractivity contribution < 1.29 is 19.8 Å². The van der Waals surface area contributed by atoms with Crippen LogP contribution in [0.3, 0.4) is 0 Å². The SMILES string of the molecule is CC(=O)N[C@H](C(=O)O)C(O)c1ccc(Cl)cc1. The molecule has 0 spiro atoms. The fourth-order valence-electron chi connectivity index (χ4n) is 1.35. The molecule has 3 N–H and O–H groups in total. The normalized spacial score (nSPS) is 13.8. The third kappa shape index (κ3) is 3.72. The minimum Gasteiger partial charge on any atom is -0.480 e. The van der Waals surface area contributed by atoms with Crippen molar-refractivity contribution in [3.63, 3.8) is 0 Å². The number of benzene rings is 1. The molecule has 0 saturated carbocycles. The van der Waals surface area contributed by atoms with Crippen molar-refractivity contribution in [1.29, 1.82) is 0 Å². The lowest BCUT2D eigenvalue weighted by atomic mass is 10.0. The number of carbonyl (C=O) groups is 2. The maximum absolute atomic E-state index is 10.9. The van der Waals surface area contributed by atoms with E-state index < -0.39 is 24.0 Å². The molecule has 0 aromatic heterocycles. The summed E-state index contributed by atoms with van der Waals surface area (Å²) in [7, 11) is 0. The number of carboxylic acids is 1. The van der Waals surface area contributed by atoms with E-state index in [-0.39, 0.29) is 0 Å². The first-order valence-electron chi connectivity index (χ1n) is 4.85. The molecule has 0 bridgehead atoms. The van der Waals surface area contributed by atoms with Gasteiger partial charge in [0.2, 0.25) is 5.91 Å². The Morgan fingerprint density at radius 2 is 1.82 bits per heavy atom. The van der Waals surface area contributed by atoms with E-state index in [9.17, 15) is 14.7 Å². The van der Waals surface area contributed by atoms with Crippen LogP contribution in [0.1, 0.15) is 18.6 Å². The Morgan fingerprint density at radius 1 is 1.29 bits per heavy atom. The number of hydrogen-bond donors (Lipinski definition) is 3. The molecule has 1 aromatic rings. The first-order valence-corrected chi connectivity index (χ1v) is 5.23. The summed E-state index contributed by atoms with van der Waals surface area (Å²) < 4.78 is 0. The molecule has 2 atom stereocenters. The lowest BCUT2D eigenvalue weighted by Crippen LogP contribution is -2.44. The molecule has 0 radical (unpaired) electrons.